The Balaban J connectivity index is 0.000000704. The van der Waals surface area contributed by atoms with Crippen LogP contribution in [0.2, 0.25) is 0 Å². The second kappa shape index (κ2) is 6.24. The van der Waals surface area contributed by atoms with E-state index in [-0.39, 0.29) is 0 Å². The van der Waals surface area contributed by atoms with E-state index in [9.17, 15) is 0 Å². The van der Waals surface area contributed by atoms with Crippen molar-refractivity contribution in [2.45, 2.75) is 20.8 Å². The maximum absolute atomic E-state index is 5.77. The summed E-state index contributed by atoms with van der Waals surface area (Å²) in [7, 11) is 0. The van der Waals surface area contributed by atoms with Gasteiger partial charge in [0.25, 0.3) is 0 Å². The number of fused-ring (bicyclic) bond motifs is 1. The van der Waals surface area contributed by atoms with Gasteiger partial charge in [0.15, 0.2) is 0 Å². The fraction of sp³-hybridized carbons (Fsp3) is 0.235. The summed E-state index contributed by atoms with van der Waals surface area (Å²) in [5.74, 6) is 0.829. The molecule has 0 amide bonds. The molecule has 0 saturated heterocycles. The summed E-state index contributed by atoms with van der Waals surface area (Å²) in [4.78, 5) is 4.47. The third kappa shape index (κ3) is 2.82. The topological polar surface area (TPSA) is 48.1 Å². The Kier molecular flexibility index (Phi) is 4.41. The zero-order valence-electron chi connectivity index (χ0n) is 12.2. The maximum atomic E-state index is 5.77. The van der Waals surface area contributed by atoms with Crippen LogP contribution in [0, 0.1) is 6.92 Å². The molecule has 2 N–H and O–H groups in total. The van der Waals surface area contributed by atoms with Crippen molar-refractivity contribution in [3.05, 3.63) is 59.4 Å². The molecule has 0 aliphatic carbocycles. The van der Waals surface area contributed by atoms with E-state index in [0.29, 0.717) is 12.3 Å². The molecule has 1 aromatic carbocycles. The molecule has 0 spiro atoms. The third-order valence-corrected chi connectivity index (χ3v) is 3.01. The number of nitrogen functional groups attached to an aromatic ring is 1. The fourth-order valence-electron chi connectivity index (χ4n) is 2.08. The summed E-state index contributed by atoms with van der Waals surface area (Å²) < 4.78 is 5.60. The van der Waals surface area contributed by atoms with Crippen molar-refractivity contribution in [2.75, 3.05) is 12.3 Å². The molecule has 0 saturated carbocycles. The smallest absolute Gasteiger partial charge is 0.129 e. The van der Waals surface area contributed by atoms with E-state index in [1.54, 1.807) is 0 Å². The van der Waals surface area contributed by atoms with Gasteiger partial charge in [-0.05, 0) is 36.8 Å². The quantitative estimate of drug-likeness (QED) is 0.800. The molecule has 0 fully saturated rings. The monoisotopic (exact) mass is 268 g/mol. The van der Waals surface area contributed by atoms with E-state index >= 15 is 0 Å². The summed E-state index contributed by atoms with van der Waals surface area (Å²) in [5.41, 5.74) is 10.8. The Morgan fingerprint density at radius 3 is 2.65 bits per heavy atom. The van der Waals surface area contributed by atoms with E-state index in [1.807, 2.05) is 51.2 Å². The number of nitrogens with two attached hydrogens (primary N) is 1. The van der Waals surface area contributed by atoms with Gasteiger partial charge in [0.05, 0.1) is 5.69 Å². The van der Waals surface area contributed by atoms with Crippen molar-refractivity contribution in [2.24, 2.45) is 0 Å². The largest absolute Gasteiger partial charge is 0.489 e. The molecule has 0 bridgehead atoms. The summed E-state index contributed by atoms with van der Waals surface area (Å²) in [6.07, 6.45) is 3.93. The second-order valence-electron chi connectivity index (χ2n) is 4.41. The minimum atomic E-state index is 0.557. The van der Waals surface area contributed by atoms with Gasteiger partial charge < -0.3 is 10.5 Å². The first-order chi connectivity index (χ1) is 9.74. The van der Waals surface area contributed by atoms with Gasteiger partial charge in [-0.25, -0.2) is 0 Å². The highest BCUT2D eigenvalue weighted by atomic mass is 16.5. The van der Waals surface area contributed by atoms with Crippen LogP contribution in [0.5, 0.6) is 5.75 Å². The van der Waals surface area contributed by atoms with E-state index in [1.165, 1.54) is 0 Å². The molecule has 0 atom stereocenters. The molecule has 0 radical (unpaired) electrons. The number of benzene rings is 1. The van der Waals surface area contributed by atoms with Crippen LogP contribution in [-0.4, -0.2) is 11.6 Å². The van der Waals surface area contributed by atoms with Crippen LogP contribution in [0.3, 0.4) is 0 Å². The average Bonchev–Trinajstić information content (AvgIpc) is 2.49. The number of anilines is 1. The number of ether oxygens (including phenoxy) is 1. The molecule has 104 valence electrons. The number of aromatic nitrogens is 1. The number of pyridine rings is 1. The van der Waals surface area contributed by atoms with E-state index in [4.69, 9.17) is 10.5 Å². The Morgan fingerprint density at radius 1 is 1.15 bits per heavy atom. The highest BCUT2D eigenvalue weighted by molar-refractivity contribution is 5.83. The first kappa shape index (κ1) is 14.1. The lowest BCUT2D eigenvalue weighted by Gasteiger charge is -2.18. The van der Waals surface area contributed by atoms with E-state index in [2.05, 4.69) is 17.1 Å². The average molecular weight is 268 g/mol. The standard InChI is InChI=1S/C15H14N2O.C2H6/c1-10-2-5-14(17-9-10)12-6-7-18-15-8-11(16)3-4-13(12)15;1-2/h2-6,8-9H,7,16H2,1H3;1-2H3. The number of hydrogen-bond donors (Lipinski definition) is 1. The Labute approximate surface area is 120 Å². The lowest BCUT2D eigenvalue weighted by molar-refractivity contribution is 0.357. The zero-order chi connectivity index (χ0) is 14.5. The van der Waals surface area contributed by atoms with Crippen LogP contribution in [-0.2, 0) is 0 Å². The van der Waals surface area contributed by atoms with Crippen molar-refractivity contribution in [3.63, 3.8) is 0 Å². The fourth-order valence-corrected chi connectivity index (χ4v) is 2.08. The molecule has 3 rings (SSSR count). The molecule has 20 heavy (non-hydrogen) atoms. The maximum Gasteiger partial charge on any atom is 0.129 e. The van der Waals surface area contributed by atoms with Gasteiger partial charge in [0.2, 0.25) is 0 Å². The SMILES string of the molecule is CC.Cc1ccc(C2=CCOc3cc(N)ccc32)nc1. The van der Waals surface area contributed by atoms with Crippen LogP contribution < -0.4 is 10.5 Å². The molecular weight excluding hydrogens is 248 g/mol. The van der Waals surface area contributed by atoms with Crippen molar-refractivity contribution < 1.29 is 4.74 Å². The number of hydrogen-bond acceptors (Lipinski definition) is 3. The predicted octanol–water partition coefficient (Wildman–Crippen LogP) is 3.82. The zero-order valence-corrected chi connectivity index (χ0v) is 12.2. The van der Waals surface area contributed by atoms with Crippen LogP contribution in [0.25, 0.3) is 5.57 Å². The van der Waals surface area contributed by atoms with E-state index in [0.717, 1.165) is 28.1 Å². The molecule has 1 aromatic heterocycles. The highest BCUT2D eigenvalue weighted by Gasteiger charge is 2.16. The van der Waals surface area contributed by atoms with Crippen molar-refractivity contribution in [1.29, 1.82) is 0 Å². The molecule has 2 aromatic rings. The minimum Gasteiger partial charge on any atom is -0.489 e. The molecular formula is C17H20N2O. The Hall–Kier alpha value is -2.29. The Bertz CT molecular complexity index is 615. The third-order valence-electron chi connectivity index (χ3n) is 3.01. The van der Waals surface area contributed by atoms with Gasteiger partial charge in [-0.2, -0.15) is 0 Å². The van der Waals surface area contributed by atoms with Gasteiger partial charge in [-0.1, -0.05) is 19.9 Å². The van der Waals surface area contributed by atoms with Crippen LogP contribution in [0.15, 0.2) is 42.6 Å². The molecule has 1 aliphatic heterocycles. The summed E-state index contributed by atoms with van der Waals surface area (Å²) in [6, 6.07) is 9.82. The summed E-state index contributed by atoms with van der Waals surface area (Å²) in [6.45, 7) is 6.59. The minimum absolute atomic E-state index is 0.557. The summed E-state index contributed by atoms with van der Waals surface area (Å²) in [5, 5.41) is 0. The van der Waals surface area contributed by atoms with Crippen LogP contribution >= 0.6 is 0 Å². The molecule has 2 heterocycles. The van der Waals surface area contributed by atoms with E-state index < -0.39 is 0 Å². The van der Waals surface area contributed by atoms with Gasteiger partial charge in [-0.15, -0.1) is 0 Å². The van der Waals surface area contributed by atoms with Gasteiger partial charge >= 0.3 is 0 Å². The van der Waals surface area contributed by atoms with Crippen molar-refractivity contribution >= 4 is 11.3 Å². The number of rotatable bonds is 1. The molecule has 0 unspecified atom stereocenters. The number of aryl methyl sites for hydroxylation is 1. The van der Waals surface area contributed by atoms with Gasteiger partial charge in [0, 0.05) is 29.1 Å². The normalized spacial score (nSPS) is 12.4. The van der Waals surface area contributed by atoms with Crippen LogP contribution in [0.1, 0.15) is 30.7 Å². The molecule has 3 nitrogen and oxygen atoms in total. The first-order valence-electron chi connectivity index (χ1n) is 6.90. The number of nitrogens with zero attached hydrogens (tertiary/aromatic N) is 1. The highest BCUT2D eigenvalue weighted by Crippen LogP contribution is 2.34. The van der Waals surface area contributed by atoms with Crippen molar-refractivity contribution in [1.82, 2.24) is 4.98 Å². The summed E-state index contributed by atoms with van der Waals surface area (Å²) >= 11 is 0. The lowest BCUT2D eigenvalue weighted by Crippen LogP contribution is -2.06. The van der Waals surface area contributed by atoms with Gasteiger partial charge in [-0.3, -0.25) is 4.98 Å². The Morgan fingerprint density at radius 2 is 1.95 bits per heavy atom. The van der Waals surface area contributed by atoms with Crippen LogP contribution in [0.4, 0.5) is 5.69 Å². The lowest BCUT2D eigenvalue weighted by atomic mass is 9.98. The predicted molar refractivity (Wildman–Crippen MR) is 83.8 cm³/mol. The molecule has 1 aliphatic rings. The first-order valence-corrected chi connectivity index (χ1v) is 6.90. The second-order valence-corrected chi connectivity index (χ2v) is 4.41. The molecule has 3 heteroatoms. The van der Waals surface area contributed by atoms with Gasteiger partial charge in [0.1, 0.15) is 12.4 Å². The van der Waals surface area contributed by atoms with Crippen molar-refractivity contribution in [3.8, 4) is 5.75 Å².